The number of hydrogen-bond donors (Lipinski definition) is 1. The highest BCUT2D eigenvalue weighted by molar-refractivity contribution is 7.12. The van der Waals surface area contributed by atoms with Crippen LogP contribution in [0.15, 0.2) is 22.6 Å². The summed E-state index contributed by atoms with van der Waals surface area (Å²) >= 11 is 7.52. The van der Waals surface area contributed by atoms with Gasteiger partial charge in [-0.3, -0.25) is 0 Å². The monoisotopic (exact) mass is 255 g/mol. The zero-order chi connectivity index (χ0) is 11.5. The van der Waals surface area contributed by atoms with Gasteiger partial charge in [-0.25, -0.2) is 0 Å². The molecule has 2 nitrogen and oxygen atoms in total. The van der Waals surface area contributed by atoms with Gasteiger partial charge in [-0.2, -0.15) is 0 Å². The van der Waals surface area contributed by atoms with E-state index in [1.54, 1.807) is 6.07 Å². The fourth-order valence-electron chi connectivity index (χ4n) is 1.49. The molecule has 0 amide bonds. The fourth-order valence-corrected chi connectivity index (χ4v) is 2.68. The molecule has 2 aromatic rings. The number of thiophene rings is 1. The van der Waals surface area contributed by atoms with Crippen LogP contribution in [-0.2, 0) is 13.1 Å². The summed E-state index contributed by atoms with van der Waals surface area (Å²) in [4.78, 5) is 2.74. The maximum atomic E-state index is 5.69. The van der Waals surface area contributed by atoms with Gasteiger partial charge in [0.1, 0.15) is 5.76 Å². The molecule has 0 atom stereocenters. The highest BCUT2D eigenvalue weighted by atomic mass is 35.5. The second-order valence-corrected chi connectivity index (χ2v) is 5.47. The molecule has 4 heteroatoms. The van der Waals surface area contributed by atoms with Crippen molar-refractivity contribution in [3.63, 3.8) is 0 Å². The van der Waals surface area contributed by atoms with Crippen LogP contribution in [0.25, 0.3) is 0 Å². The Kier molecular flexibility index (Phi) is 3.69. The second kappa shape index (κ2) is 5.04. The SMILES string of the molecule is Cc1cc(CNCc2ccc(Cl)o2)sc1C. The summed E-state index contributed by atoms with van der Waals surface area (Å²) in [6, 6.07) is 5.88. The largest absolute Gasteiger partial charge is 0.448 e. The minimum atomic E-state index is 0.444. The van der Waals surface area contributed by atoms with E-state index >= 15 is 0 Å². The molecule has 0 aromatic carbocycles. The lowest BCUT2D eigenvalue weighted by atomic mass is 10.3. The zero-order valence-electron chi connectivity index (χ0n) is 9.34. The van der Waals surface area contributed by atoms with E-state index in [0.29, 0.717) is 11.8 Å². The first-order chi connectivity index (χ1) is 7.65. The van der Waals surface area contributed by atoms with Crippen molar-refractivity contribution in [3.8, 4) is 0 Å². The second-order valence-electron chi connectivity index (χ2n) is 3.76. The molecule has 0 unspecified atom stereocenters. The van der Waals surface area contributed by atoms with E-state index in [1.807, 2.05) is 17.4 Å². The first kappa shape index (κ1) is 11.7. The van der Waals surface area contributed by atoms with Crippen molar-refractivity contribution in [1.82, 2.24) is 5.32 Å². The molecular formula is C12H14ClNOS. The predicted octanol–water partition coefficient (Wildman–Crippen LogP) is 3.90. The molecule has 0 aliphatic rings. The van der Waals surface area contributed by atoms with Crippen molar-refractivity contribution in [2.45, 2.75) is 26.9 Å². The molecule has 2 rings (SSSR count). The molecule has 16 heavy (non-hydrogen) atoms. The van der Waals surface area contributed by atoms with Crippen molar-refractivity contribution in [1.29, 1.82) is 0 Å². The summed E-state index contributed by atoms with van der Waals surface area (Å²) in [6.45, 7) is 5.87. The average Bonchev–Trinajstić information content (AvgIpc) is 2.75. The lowest BCUT2D eigenvalue weighted by molar-refractivity contribution is 0.485. The van der Waals surface area contributed by atoms with E-state index in [-0.39, 0.29) is 0 Å². The van der Waals surface area contributed by atoms with Gasteiger partial charge in [-0.1, -0.05) is 0 Å². The van der Waals surface area contributed by atoms with Crippen LogP contribution >= 0.6 is 22.9 Å². The smallest absolute Gasteiger partial charge is 0.193 e. The van der Waals surface area contributed by atoms with Crippen molar-refractivity contribution >= 4 is 22.9 Å². The Morgan fingerprint density at radius 1 is 1.31 bits per heavy atom. The first-order valence-electron chi connectivity index (χ1n) is 5.16. The van der Waals surface area contributed by atoms with Crippen LogP contribution in [0.3, 0.4) is 0 Å². The van der Waals surface area contributed by atoms with E-state index in [0.717, 1.165) is 12.3 Å². The number of hydrogen-bond acceptors (Lipinski definition) is 3. The Labute approximate surface area is 104 Å². The molecule has 0 fully saturated rings. The maximum absolute atomic E-state index is 5.69. The van der Waals surface area contributed by atoms with Crippen molar-refractivity contribution in [3.05, 3.63) is 44.5 Å². The van der Waals surface area contributed by atoms with Crippen LogP contribution in [0.1, 0.15) is 21.1 Å². The molecule has 0 saturated carbocycles. The summed E-state index contributed by atoms with van der Waals surface area (Å²) in [6.07, 6.45) is 0. The summed E-state index contributed by atoms with van der Waals surface area (Å²) < 4.78 is 5.26. The van der Waals surface area contributed by atoms with Crippen LogP contribution in [0.5, 0.6) is 0 Å². The topological polar surface area (TPSA) is 25.2 Å². The number of nitrogens with one attached hydrogen (secondary N) is 1. The molecular weight excluding hydrogens is 242 g/mol. The fraction of sp³-hybridized carbons (Fsp3) is 0.333. The van der Waals surface area contributed by atoms with Gasteiger partial charge in [0.05, 0.1) is 6.54 Å². The molecule has 0 aliphatic heterocycles. The van der Waals surface area contributed by atoms with Crippen LogP contribution in [0, 0.1) is 13.8 Å². The lowest BCUT2D eigenvalue weighted by Gasteiger charge is -1.99. The first-order valence-corrected chi connectivity index (χ1v) is 6.35. The number of rotatable bonds is 4. The Morgan fingerprint density at radius 3 is 2.69 bits per heavy atom. The molecule has 2 heterocycles. The highest BCUT2D eigenvalue weighted by Gasteiger charge is 2.02. The molecule has 1 N–H and O–H groups in total. The Hall–Kier alpha value is -0.770. The Bertz CT molecular complexity index is 456. The van der Waals surface area contributed by atoms with Gasteiger partial charge in [0.2, 0.25) is 0 Å². The Morgan fingerprint density at radius 2 is 2.12 bits per heavy atom. The maximum Gasteiger partial charge on any atom is 0.193 e. The molecule has 2 aromatic heterocycles. The minimum Gasteiger partial charge on any atom is -0.448 e. The Balaban J connectivity index is 1.84. The third-order valence-electron chi connectivity index (χ3n) is 2.44. The number of halogens is 1. The van der Waals surface area contributed by atoms with Crippen molar-refractivity contribution < 1.29 is 4.42 Å². The zero-order valence-corrected chi connectivity index (χ0v) is 10.9. The number of furan rings is 1. The van der Waals surface area contributed by atoms with E-state index in [1.165, 1.54) is 15.3 Å². The third-order valence-corrected chi connectivity index (χ3v) is 3.80. The van der Waals surface area contributed by atoms with Crippen LogP contribution in [-0.4, -0.2) is 0 Å². The third kappa shape index (κ3) is 2.88. The van der Waals surface area contributed by atoms with Gasteiger partial charge in [-0.05, 0) is 49.2 Å². The average molecular weight is 256 g/mol. The lowest BCUT2D eigenvalue weighted by Crippen LogP contribution is -2.10. The summed E-state index contributed by atoms with van der Waals surface area (Å²) in [5.41, 5.74) is 1.36. The molecule has 0 saturated heterocycles. The van der Waals surface area contributed by atoms with Crippen LogP contribution in [0.2, 0.25) is 5.22 Å². The van der Waals surface area contributed by atoms with Gasteiger partial charge in [0.25, 0.3) is 0 Å². The van der Waals surface area contributed by atoms with Crippen molar-refractivity contribution in [2.24, 2.45) is 0 Å². The summed E-state index contributed by atoms with van der Waals surface area (Å²) in [7, 11) is 0. The standard InChI is InChI=1S/C12H14ClNOS/c1-8-5-11(16-9(8)2)7-14-6-10-3-4-12(13)15-10/h3-5,14H,6-7H2,1-2H3. The van der Waals surface area contributed by atoms with Crippen LogP contribution < -0.4 is 5.32 Å². The molecule has 0 radical (unpaired) electrons. The quantitative estimate of drug-likeness (QED) is 0.896. The molecule has 0 aliphatic carbocycles. The van der Waals surface area contributed by atoms with Gasteiger partial charge in [0, 0.05) is 16.3 Å². The molecule has 86 valence electrons. The number of aryl methyl sites for hydroxylation is 2. The highest BCUT2D eigenvalue weighted by Crippen LogP contribution is 2.20. The van der Waals surface area contributed by atoms with Crippen LogP contribution in [0.4, 0.5) is 0 Å². The van der Waals surface area contributed by atoms with Crippen molar-refractivity contribution in [2.75, 3.05) is 0 Å². The predicted molar refractivity (Wildman–Crippen MR) is 68.1 cm³/mol. The summed E-state index contributed by atoms with van der Waals surface area (Å²) in [5, 5.41) is 3.77. The van der Waals surface area contributed by atoms with E-state index in [9.17, 15) is 0 Å². The molecule has 0 spiro atoms. The van der Waals surface area contributed by atoms with Gasteiger partial charge in [0.15, 0.2) is 5.22 Å². The normalized spacial score (nSPS) is 10.9. The van der Waals surface area contributed by atoms with Gasteiger partial charge >= 0.3 is 0 Å². The molecule has 0 bridgehead atoms. The van der Waals surface area contributed by atoms with E-state index < -0.39 is 0 Å². The summed E-state index contributed by atoms with van der Waals surface area (Å²) in [5.74, 6) is 0.870. The van der Waals surface area contributed by atoms with E-state index in [2.05, 4.69) is 25.2 Å². The minimum absolute atomic E-state index is 0.444. The van der Waals surface area contributed by atoms with Gasteiger partial charge in [-0.15, -0.1) is 11.3 Å². The van der Waals surface area contributed by atoms with Gasteiger partial charge < -0.3 is 9.73 Å². The van der Waals surface area contributed by atoms with E-state index in [4.69, 9.17) is 16.0 Å².